The van der Waals surface area contributed by atoms with E-state index in [0.29, 0.717) is 6.54 Å². The second-order valence-electron chi connectivity index (χ2n) is 4.55. The summed E-state index contributed by atoms with van der Waals surface area (Å²) in [5, 5.41) is 5.28. The van der Waals surface area contributed by atoms with Gasteiger partial charge in [0, 0.05) is 12.6 Å². The van der Waals surface area contributed by atoms with Crippen molar-refractivity contribution >= 4 is 17.9 Å². The highest BCUT2D eigenvalue weighted by Gasteiger charge is 2.12. The highest BCUT2D eigenvalue weighted by atomic mass is 16.2. The van der Waals surface area contributed by atoms with E-state index in [1.54, 1.807) is 13.0 Å². The van der Waals surface area contributed by atoms with Crippen molar-refractivity contribution in [2.75, 3.05) is 6.54 Å². The quantitative estimate of drug-likeness (QED) is 0.778. The Balaban J connectivity index is 2.52. The van der Waals surface area contributed by atoms with E-state index in [-0.39, 0.29) is 11.8 Å². The molecule has 1 atom stereocenters. The zero-order valence-electron chi connectivity index (χ0n) is 12.3. The summed E-state index contributed by atoms with van der Waals surface area (Å²) >= 11 is 0. The number of carbonyl (C=O) groups excluding carboxylic acids is 2. The van der Waals surface area contributed by atoms with Gasteiger partial charge in [0.25, 0.3) is 0 Å². The van der Waals surface area contributed by atoms with Crippen molar-refractivity contribution in [1.29, 1.82) is 0 Å². The van der Waals surface area contributed by atoms with E-state index in [1.807, 2.05) is 31.2 Å². The molecule has 1 aromatic rings. The molecule has 0 aromatic heterocycles. The Morgan fingerprint density at radius 1 is 1.20 bits per heavy atom. The molecular weight excluding hydrogens is 252 g/mol. The third-order valence-electron chi connectivity index (χ3n) is 2.92. The predicted molar refractivity (Wildman–Crippen MR) is 81.1 cm³/mol. The zero-order chi connectivity index (χ0) is 15.0. The largest absolute Gasteiger partial charge is 0.355 e. The van der Waals surface area contributed by atoms with Crippen LogP contribution in [-0.4, -0.2) is 24.4 Å². The van der Waals surface area contributed by atoms with Crippen LogP contribution < -0.4 is 10.6 Å². The number of amides is 2. The van der Waals surface area contributed by atoms with Gasteiger partial charge in [-0.3, -0.25) is 9.59 Å². The molecule has 0 bridgehead atoms. The average Bonchev–Trinajstić information content (AvgIpc) is 2.45. The number of hydrogen-bond donors (Lipinski definition) is 2. The maximum atomic E-state index is 11.7. The number of carbonyl (C=O) groups is 2. The predicted octanol–water partition coefficient (Wildman–Crippen LogP) is 1.90. The van der Waals surface area contributed by atoms with Crippen LogP contribution in [0.2, 0.25) is 0 Å². The highest BCUT2D eigenvalue weighted by molar-refractivity contribution is 5.95. The van der Waals surface area contributed by atoms with E-state index >= 15 is 0 Å². The number of benzene rings is 1. The molecule has 2 N–H and O–H groups in total. The lowest BCUT2D eigenvalue weighted by molar-refractivity contribution is -0.126. The van der Waals surface area contributed by atoms with Gasteiger partial charge in [0.15, 0.2) is 0 Å². The van der Waals surface area contributed by atoms with Crippen LogP contribution in [0.5, 0.6) is 0 Å². The first kappa shape index (κ1) is 16.0. The van der Waals surface area contributed by atoms with Crippen LogP contribution in [0.25, 0.3) is 6.08 Å². The summed E-state index contributed by atoms with van der Waals surface area (Å²) < 4.78 is 0. The molecule has 0 aliphatic rings. The van der Waals surface area contributed by atoms with Gasteiger partial charge < -0.3 is 10.6 Å². The summed E-state index contributed by atoms with van der Waals surface area (Å²) in [6.07, 6.45) is 4.17. The molecule has 0 unspecified atom stereocenters. The minimum absolute atomic E-state index is 0.179. The van der Waals surface area contributed by atoms with E-state index < -0.39 is 6.04 Å². The Morgan fingerprint density at radius 3 is 2.40 bits per heavy atom. The number of hydrogen-bond acceptors (Lipinski definition) is 2. The Morgan fingerprint density at radius 2 is 1.85 bits per heavy atom. The number of nitrogens with one attached hydrogen (secondary N) is 2. The molecule has 20 heavy (non-hydrogen) atoms. The highest BCUT2D eigenvalue weighted by Crippen LogP contribution is 2.06. The fraction of sp³-hybridized carbons (Fsp3) is 0.375. The molecule has 0 aliphatic carbocycles. The molecule has 0 radical (unpaired) electrons. The van der Waals surface area contributed by atoms with Gasteiger partial charge in [0.05, 0.1) is 0 Å². The lowest BCUT2D eigenvalue weighted by Crippen LogP contribution is -2.44. The molecule has 0 aliphatic heterocycles. The summed E-state index contributed by atoms with van der Waals surface area (Å²) in [7, 11) is 0. The second-order valence-corrected chi connectivity index (χ2v) is 4.55. The average molecular weight is 274 g/mol. The first-order chi connectivity index (χ1) is 9.56. The standard InChI is InChI=1S/C16H22N2O2/c1-4-13-6-8-14(9-7-13)10-11-15(19)18-12(3)16(20)17-5-2/h6-12H,4-5H2,1-3H3,(H,17,20)(H,18,19)/b11-10+/t12-/m0/s1. The number of rotatable bonds is 6. The van der Waals surface area contributed by atoms with Gasteiger partial charge in [-0.05, 0) is 37.5 Å². The molecule has 4 nitrogen and oxygen atoms in total. The van der Waals surface area contributed by atoms with E-state index in [0.717, 1.165) is 12.0 Å². The number of likely N-dealkylation sites (N-methyl/N-ethyl adjacent to an activating group) is 1. The Bertz CT molecular complexity index is 478. The molecule has 0 saturated carbocycles. The van der Waals surface area contributed by atoms with Crippen molar-refractivity contribution in [3.63, 3.8) is 0 Å². The van der Waals surface area contributed by atoms with Crippen molar-refractivity contribution in [2.24, 2.45) is 0 Å². The van der Waals surface area contributed by atoms with Crippen molar-refractivity contribution < 1.29 is 9.59 Å². The molecule has 0 spiro atoms. The SMILES string of the molecule is CCNC(=O)[C@H](C)NC(=O)/C=C/c1ccc(CC)cc1. The first-order valence-corrected chi connectivity index (χ1v) is 6.92. The maximum Gasteiger partial charge on any atom is 0.244 e. The molecule has 0 saturated heterocycles. The summed E-state index contributed by atoms with van der Waals surface area (Å²) in [5.41, 5.74) is 2.22. The molecule has 0 heterocycles. The van der Waals surface area contributed by atoms with Crippen molar-refractivity contribution in [3.05, 3.63) is 41.5 Å². The van der Waals surface area contributed by atoms with Gasteiger partial charge >= 0.3 is 0 Å². The third kappa shape index (κ3) is 5.26. The van der Waals surface area contributed by atoms with Gasteiger partial charge in [-0.25, -0.2) is 0 Å². The Kier molecular flexibility index (Phi) is 6.50. The molecule has 0 fully saturated rings. The van der Waals surface area contributed by atoms with Gasteiger partial charge in [-0.15, -0.1) is 0 Å². The molecule has 1 aromatic carbocycles. The topological polar surface area (TPSA) is 58.2 Å². The van der Waals surface area contributed by atoms with Gasteiger partial charge in [-0.1, -0.05) is 31.2 Å². The van der Waals surface area contributed by atoms with Crippen LogP contribution in [0.1, 0.15) is 31.9 Å². The van der Waals surface area contributed by atoms with Crippen molar-refractivity contribution in [2.45, 2.75) is 33.2 Å². The molecular formula is C16H22N2O2. The minimum Gasteiger partial charge on any atom is -0.355 e. The lowest BCUT2D eigenvalue weighted by Gasteiger charge is -2.11. The monoisotopic (exact) mass is 274 g/mol. The van der Waals surface area contributed by atoms with Gasteiger partial charge in [-0.2, -0.15) is 0 Å². The fourth-order valence-corrected chi connectivity index (χ4v) is 1.69. The fourth-order valence-electron chi connectivity index (χ4n) is 1.69. The zero-order valence-corrected chi connectivity index (χ0v) is 12.3. The van der Waals surface area contributed by atoms with Crippen molar-refractivity contribution in [3.8, 4) is 0 Å². The molecule has 108 valence electrons. The van der Waals surface area contributed by atoms with Gasteiger partial charge in [0.2, 0.25) is 11.8 Å². The van der Waals surface area contributed by atoms with Crippen molar-refractivity contribution in [1.82, 2.24) is 10.6 Å². The van der Waals surface area contributed by atoms with E-state index in [4.69, 9.17) is 0 Å². The normalized spacial score (nSPS) is 12.2. The van der Waals surface area contributed by atoms with E-state index in [2.05, 4.69) is 17.6 Å². The third-order valence-corrected chi connectivity index (χ3v) is 2.92. The Hall–Kier alpha value is -2.10. The van der Waals surface area contributed by atoms with Crippen LogP contribution in [0.15, 0.2) is 30.3 Å². The van der Waals surface area contributed by atoms with E-state index in [9.17, 15) is 9.59 Å². The Labute approximate surface area is 120 Å². The summed E-state index contributed by atoms with van der Waals surface area (Å²) in [6, 6.07) is 7.48. The first-order valence-electron chi connectivity index (χ1n) is 6.92. The summed E-state index contributed by atoms with van der Waals surface area (Å²) in [5.74, 6) is -0.454. The second kappa shape index (κ2) is 8.15. The summed E-state index contributed by atoms with van der Waals surface area (Å²) in [6.45, 7) is 6.15. The summed E-state index contributed by atoms with van der Waals surface area (Å²) in [4.78, 5) is 23.2. The van der Waals surface area contributed by atoms with Crippen LogP contribution in [0.3, 0.4) is 0 Å². The molecule has 2 amide bonds. The van der Waals surface area contributed by atoms with Gasteiger partial charge in [0.1, 0.15) is 6.04 Å². The van der Waals surface area contributed by atoms with Crippen LogP contribution in [-0.2, 0) is 16.0 Å². The number of aryl methyl sites for hydroxylation is 1. The molecule has 1 rings (SSSR count). The smallest absolute Gasteiger partial charge is 0.244 e. The van der Waals surface area contributed by atoms with Crippen LogP contribution >= 0.6 is 0 Å². The minimum atomic E-state index is -0.533. The maximum absolute atomic E-state index is 11.7. The lowest BCUT2D eigenvalue weighted by atomic mass is 10.1. The van der Waals surface area contributed by atoms with E-state index in [1.165, 1.54) is 11.6 Å². The van der Waals surface area contributed by atoms with Crippen LogP contribution in [0.4, 0.5) is 0 Å². The van der Waals surface area contributed by atoms with Crippen LogP contribution in [0, 0.1) is 0 Å². The molecule has 4 heteroatoms.